The van der Waals surface area contributed by atoms with Crippen LogP contribution < -0.4 is 5.32 Å². The summed E-state index contributed by atoms with van der Waals surface area (Å²) in [6.45, 7) is 14.3. The smallest absolute Gasteiger partial charge is 0.00475 e. The molecule has 1 unspecified atom stereocenters. The molecular weight excluding hydrogens is 196 g/mol. The summed E-state index contributed by atoms with van der Waals surface area (Å²) < 4.78 is 0. The lowest BCUT2D eigenvalue weighted by atomic mass is 9.84. The van der Waals surface area contributed by atoms with Crippen molar-refractivity contribution in [2.75, 3.05) is 26.2 Å². The zero-order valence-electron chi connectivity index (χ0n) is 11.7. The van der Waals surface area contributed by atoms with Crippen molar-refractivity contribution in [3.63, 3.8) is 0 Å². The van der Waals surface area contributed by atoms with Crippen molar-refractivity contribution in [2.45, 2.75) is 59.4 Å². The van der Waals surface area contributed by atoms with Gasteiger partial charge in [-0.1, -0.05) is 34.1 Å². The van der Waals surface area contributed by atoms with Crippen LogP contribution in [0.5, 0.6) is 0 Å². The summed E-state index contributed by atoms with van der Waals surface area (Å²) in [6.07, 6.45) is 5.44. The van der Waals surface area contributed by atoms with Crippen LogP contribution in [0.1, 0.15) is 53.4 Å². The van der Waals surface area contributed by atoms with Gasteiger partial charge in [-0.2, -0.15) is 0 Å². The van der Waals surface area contributed by atoms with Crippen molar-refractivity contribution in [3.8, 4) is 0 Å². The van der Waals surface area contributed by atoms with Crippen LogP contribution >= 0.6 is 0 Å². The average Bonchev–Trinajstić information content (AvgIpc) is 2.68. The Hall–Kier alpha value is -0.0800. The van der Waals surface area contributed by atoms with Gasteiger partial charge < -0.3 is 10.2 Å². The van der Waals surface area contributed by atoms with Gasteiger partial charge in [0.2, 0.25) is 0 Å². The number of nitrogens with one attached hydrogen (secondary N) is 1. The van der Waals surface area contributed by atoms with E-state index in [-0.39, 0.29) is 0 Å². The number of likely N-dealkylation sites (tertiary alicyclic amines) is 1. The van der Waals surface area contributed by atoms with Gasteiger partial charge in [-0.3, -0.25) is 0 Å². The fraction of sp³-hybridized carbons (Fsp3) is 1.00. The summed E-state index contributed by atoms with van der Waals surface area (Å²) in [5.74, 6) is 0. The van der Waals surface area contributed by atoms with E-state index in [2.05, 4.69) is 37.9 Å². The molecule has 0 aliphatic carbocycles. The van der Waals surface area contributed by atoms with Crippen LogP contribution in [-0.4, -0.2) is 37.1 Å². The molecule has 0 aromatic carbocycles. The largest absolute Gasteiger partial charge is 0.314 e. The van der Waals surface area contributed by atoms with Crippen LogP contribution in [0.15, 0.2) is 0 Å². The van der Waals surface area contributed by atoms with E-state index < -0.39 is 0 Å². The summed E-state index contributed by atoms with van der Waals surface area (Å²) in [7, 11) is 0. The van der Waals surface area contributed by atoms with Crippen LogP contribution in [0.25, 0.3) is 0 Å². The predicted molar refractivity (Wildman–Crippen MR) is 71.8 cm³/mol. The van der Waals surface area contributed by atoms with Crippen molar-refractivity contribution in [1.29, 1.82) is 0 Å². The Morgan fingerprint density at radius 2 is 1.88 bits per heavy atom. The lowest BCUT2D eigenvalue weighted by Crippen LogP contribution is -2.43. The topological polar surface area (TPSA) is 15.3 Å². The van der Waals surface area contributed by atoms with Crippen LogP contribution in [0, 0.1) is 5.41 Å². The van der Waals surface area contributed by atoms with Crippen molar-refractivity contribution in [1.82, 2.24) is 10.2 Å². The van der Waals surface area contributed by atoms with Crippen LogP contribution in [0.2, 0.25) is 0 Å². The van der Waals surface area contributed by atoms with Crippen molar-refractivity contribution in [3.05, 3.63) is 0 Å². The van der Waals surface area contributed by atoms with Gasteiger partial charge in [0.05, 0.1) is 0 Å². The second kappa shape index (κ2) is 6.61. The molecule has 2 heteroatoms. The summed E-state index contributed by atoms with van der Waals surface area (Å²) in [4.78, 5) is 2.65. The van der Waals surface area contributed by atoms with E-state index >= 15 is 0 Å². The maximum absolute atomic E-state index is 3.62. The molecule has 1 atom stereocenters. The average molecular weight is 226 g/mol. The normalized spacial score (nSPS) is 21.6. The van der Waals surface area contributed by atoms with E-state index in [0.29, 0.717) is 11.5 Å². The van der Waals surface area contributed by atoms with E-state index in [1.54, 1.807) is 0 Å². The quantitative estimate of drug-likeness (QED) is 0.718. The molecule has 1 fully saturated rings. The molecule has 16 heavy (non-hydrogen) atoms. The molecule has 0 bridgehead atoms. The van der Waals surface area contributed by atoms with Gasteiger partial charge in [-0.05, 0) is 37.8 Å². The number of hydrogen-bond acceptors (Lipinski definition) is 2. The second-order valence-electron chi connectivity index (χ2n) is 6.08. The Labute approximate surface area is 102 Å². The fourth-order valence-corrected chi connectivity index (χ4v) is 2.76. The monoisotopic (exact) mass is 226 g/mol. The molecule has 96 valence electrons. The third kappa shape index (κ3) is 4.84. The van der Waals surface area contributed by atoms with Crippen molar-refractivity contribution in [2.24, 2.45) is 5.41 Å². The van der Waals surface area contributed by atoms with Gasteiger partial charge in [0.15, 0.2) is 0 Å². The number of hydrogen-bond donors (Lipinski definition) is 1. The molecule has 1 rings (SSSR count). The van der Waals surface area contributed by atoms with Gasteiger partial charge in [0.1, 0.15) is 0 Å². The highest BCUT2D eigenvalue weighted by Gasteiger charge is 2.27. The molecule has 0 radical (unpaired) electrons. The molecule has 1 aliphatic rings. The summed E-state index contributed by atoms with van der Waals surface area (Å²) in [5.41, 5.74) is 0.462. The molecule has 0 saturated carbocycles. The van der Waals surface area contributed by atoms with E-state index in [9.17, 15) is 0 Å². The van der Waals surface area contributed by atoms with Crippen LogP contribution in [0.3, 0.4) is 0 Å². The van der Waals surface area contributed by atoms with Crippen LogP contribution in [0.4, 0.5) is 0 Å². The third-order valence-corrected chi connectivity index (χ3v) is 3.59. The summed E-state index contributed by atoms with van der Waals surface area (Å²) in [5, 5.41) is 3.62. The summed E-state index contributed by atoms with van der Waals surface area (Å²) >= 11 is 0. The highest BCUT2D eigenvalue weighted by Crippen LogP contribution is 2.25. The van der Waals surface area contributed by atoms with Gasteiger partial charge in [-0.25, -0.2) is 0 Å². The van der Waals surface area contributed by atoms with Gasteiger partial charge in [-0.15, -0.1) is 0 Å². The maximum Gasteiger partial charge on any atom is 0.00475 e. The Morgan fingerprint density at radius 3 is 2.38 bits per heavy atom. The van der Waals surface area contributed by atoms with E-state index in [1.807, 2.05) is 0 Å². The molecule has 0 spiro atoms. The molecule has 1 aliphatic heterocycles. The lowest BCUT2D eigenvalue weighted by Gasteiger charge is -2.34. The van der Waals surface area contributed by atoms with Crippen molar-refractivity contribution < 1.29 is 0 Å². The SMILES string of the molecule is CCCC(C)(CNC(C)C)CN1CCCC1. The summed E-state index contributed by atoms with van der Waals surface area (Å²) in [6, 6.07) is 0.606. The maximum atomic E-state index is 3.62. The highest BCUT2D eigenvalue weighted by molar-refractivity contribution is 4.83. The first kappa shape index (κ1) is 14.0. The zero-order valence-corrected chi connectivity index (χ0v) is 11.7. The fourth-order valence-electron chi connectivity index (χ4n) is 2.76. The molecule has 0 aromatic heterocycles. The van der Waals surface area contributed by atoms with E-state index in [4.69, 9.17) is 0 Å². The van der Waals surface area contributed by atoms with Gasteiger partial charge in [0, 0.05) is 19.1 Å². The second-order valence-corrected chi connectivity index (χ2v) is 6.08. The van der Waals surface area contributed by atoms with Crippen LogP contribution in [-0.2, 0) is 0 Å². The third-order valence-electron chi connectivity index (χ3n) is 3.59. The Bertz CT molecular complexity index is 185. The molecular formula is C14H30N2. The Kier molecular flexibility index (Phi) is 5.77. The predicted octanol–water partition coefficient (Wildman–Crippen LogP) is 2.89. The first-order chi connectivity index (χ1) is 7.56. The van der Waals surface area contributed by atoms with Gasteiger partial charge in [0.25, 0.3) is 0 Å². The minimum Gasteiger partial charge on any atom is -0.314 e. The molecule has 1 N–H and O–H groups in total. The molecule has 0 aromatic rings. The zero-order chi connectivity index (χ0) is 12.0. The molecule has 0 amide bonds. The number of rotatable bonds is 7. The first-order valence-corrected chi connectivity index (χ1v) is 7.01. The lowest BCUT2D eigenvalue weighted by molar-refractivity contribution is 0.169. The van der Waals surface area contributed by atoms with Gasteiger partial charge >= 0.3 is 0 Å². The molecule has 1 heterocycles. The first-order valence-electron chi connectivity index (χ1n) is 7.01. The van der Waals surface area contributed by atoms with Crippen molar-refractivity contribution >= 4 is 0 Å². The Morgan fingerprint density at radius 1 is 1.25 bits per heavy atom. The van der Waals surface area contributed by atoms with E-state index in [1.165, 1.54) is 45.3 Å². The molecule has 1 saturated heterocycles. The Balaban J connectivity index is 2.42. The minimum absolute atomic E-state index is 0.462. The highest BCUT2D eigenvalue weighted by atomic mass is 15.1. The molecule has 2 nitrogen and oxygen atoms in total. The number of nitrogens with zero attached hydrogens (tertiary/aromatic N) is 1. The van der Waals surface area contributed by atoms with E-state index in [0.717, 1.165) is 6.54 Å². The minimum atomic E-state index is 0.462. The standard InChI is InChI=1S/C14H30N2/c1-5-8-14(4,11-15-13(2)3)12-16-9-6-7-10-16/h13,15H,5-12H2,1-4H3.